The van der Waals surface area contributed by atoms with E-state index in [2.05, 4.69) is 5.32 Å². The zero-order valence-corrected chi connectivity index (χ0v) is 14.2. The maximum absolute atomic E-state index is 12.4. The van der Waals surface area contributed by atoms with Crippen LogP contribution in [0.3, 0.4) is 0 Å². The molecule has 2 aromatic carbocycles. The van der Waals surface area contributed by atoms with Crippen molar-refractivity contribution in [1.82, 2.24) is 4.90 Å². The summed E-state index contributed by atoms with van der Waals surface area (Å²) in [5.41, 5.74) is 1.73. The molecular formula is C20H20N2O4. The summed E-state index contributed by atoms with van der Waals surface area (Å²) < 4.78 is 0. The number of amides is 1. The molecule has 0 bridgehead atoms. The van der Waals surface area contributed by atoms with Crippen molar-refractivity contribution in [3.8, 4) is 0 Å². The van der Waals surface area contributed by atoms with Crippen molar-refractivity contribution in [2.45, 2.75) is 18.9 Å². The van der Waals surface area contributed by atoms with Crippen LogP contribution in [-0.2, 0) is 9.59 Å². The molecule has 0 spiro atoms. The van der Waals surface area contributed by atoms with Crippen molar-refractivity contribution in [3.05, 3.63) is 65.7 Å². The molecule has 0 saturated carbocycles. The molecule has 1 aliphatic heterocycles. The molecule has 6 heteroatoms. The number of nitrogens with one attached hydrogen (secondary N) is 1. The molecule has 0 aliphatic carbocycles. The van der Waals surface area contributed by atoms with Gasteiger partial charge in [0.25, 0.3) is 0 Å². The van der Waals surface area contributed by atoms with Crippen molar-refractivity contribution in [2.75, 3.05) is 18.4 Å². The smallest absolute Gasteiger partial charge is 0.320 e. The third-order valence-corrected chi connectivity index (χ3v) is 4.46. The first-order chi connectivity index (χ1) is 12.5. The molecule has 1 saturated heterocycles. The Morgan fingerprint density at radius 2 is 1.65 bits per heavy atom. The monoisotopic (exact) mass is 352 g/mol. The largest absolute Gasteiger partial charge is 0.480 e. The van der Waals surface area contributed by atoms with Gasteiger partial charge in [-0.15, -0.1) is 0 Å². The molecule has 3 rings (SSSR count). The number of rotatable bonds is 6. The number of likely N-dealkylation sites (tertiary alicyclic amines) is 1. The number of carbonyl (C=O) groups is 3. The average Bonchev–Trinajstić information content (AvgIpc) is 3.11. The number of benzene rings is 2. The van der Waals surface area contributed by atoms with Gasteiger partial charge < -0.3 is 10.4 Å². The molecule has 0 radical (unpaired) electrons. The van der Waals surface area contributed by atoms with E-state index in [4.69, 9.17) is 5.11 Å². The van der Waals surface area contributed by atoms with Gasteiger partial charge in [0.2, 0.25) is 5.91 Å². The van der Waals surface area contributed by atoms with Crippen LogP contribution in [0, 0.1) is 0 Å². The van der Waals surface area contributed by atoms with E-state index in [0.717, 1.165) is 6.42 Å². The van der Waals surface area contributed by atoms with Gasteiger partial charge in [0.05, 0.1) is 6.54 Å². The number of hydrogen-bond donors (Lipinski definition) is 2. The van der Waals surface area contributed by atoms with Crippen molar-refractivity contribution in [2.24, 2.45) is 0 Å². The Kier molecular flexibility index (Phi) is 5.43. The third-order valence-electron chi connectivity index (χ3n) is 4.46. The Bertz CT molecular complexity index is 802. The maximum Gasteiger partial charge on any atom is 0.320 e. The van der Waals surface area contributed by atoms with Crippen molar-refractivity contribution < 1.29 is 19.5 Å². The minimum Gasteiger partial charge on any atom is -0.480 e. The lowest BCUT2D eigenvalue weighted by Gasteiger charge is -2.20. The molecule has 134 valence electrons. The first-order valence-corrected chi connectivity index (χ1v) is 8.51. The number of nitrogens with zero attached hydrogens (tertiary/aromatic N) is 1. The molecular weight excluding hydrogens is 332 g/mol. The molecule has 2 N–H and O–H groups in total. The fraction of sp³-hybridized carbons (Fsp3) is 0.250. The SMILES string of the molecule is O=C(CN1CCCC1C(=O)O)Nc1ccc(C(=O)c2ccccc2)cc1. The van der Waals surface area contributed by atoms with Crippen LogP contribution < -0.4 is 5.32 Å². The van der Waals surface area contributed by atoms with Crippen LogP contribution in [0.15, 0.2) is 54.6 Å². The molecule has 2 aromatic rings. The number of carboxylic acids is 1. The van der Waals surface area contributed by atoms with Crippen LogP contribution in [0.1, 0.15) is 28.8 Å². The van der Waals surface area contributed by atoms with Gasteiger partial charge in [-0.25, -0.2) is 0 Å². The fourth-order valence-electron chi connectivity index (χ4n) is 3.14. The van der Waals surface area contributed by atoms with Gasteiger partial charge in [-0.3, -0.25) is 19.3 Å². The van der Waals surface area contributed by atoms with E-state index in [1.807, 2.05) is 18.2 Å². The molecule has 26 heavy (non-hydrogen) atoms. The number of carboxylic acid groups (broad SMARTS) is 1. The third kappa shape index (κ3) is 4.15. The highest BCUT2D eigenvalue weighted by atomic mass is 16.4. The highest BCUT2D eigenvalue weighted by Gasteiger charge is 2.31. The van der Waals surface area contributed by atoms with Crippen molar-refractivity contribution >= 4 is 23.3 Å². The van der Waals surface area contributed by atoms with Gasteiger partial charge in [-0.2, -0.15) is 0 Å². The van der Waals surface area contributed by atoms with Gasteiger partial charge in [0, 0.05) is 16.8 Å². The fourth-order valence-corrected chi connectivity index (χ4v) is 3.14. The minimum absolute atomic E-state index is 0.0433. The highest BCUT2D eigenvalue weighted by molar-refractivity contribution is 6.09. The van der Waals surface area contributed by atoms with E-state index in [1.54, 1.807) is 41.3 Å². The van der Waals surface area contributed by atoms with Crippen LogP contribution in [0.25, 0.3) is 0 Å². The second-order valence-electron chi connectivity index (χ2n) is 6.29. The first kappa shape index (κ1) is 17.8. The van der Waals surface area contributed by atoms with E-state index in [9.17, 15) is 14.4 Å². The number of carbonyl (C=O) groups excluding carboxylic acids is 2. The van der Waals surface area contributed by atoms with Crippen molar-refractivity contribution in [3.63, 3.8) is 0 Å². The summed E-state index contributed by atoms with van der Waals surface area (Å²) in [4.78, 5) is 37.4. The van der Waals surface area contributed by atoms with E-state index in [-0.39, 0.29) is 18.2 Å². The predicted molar refractivity (Wildman–Crippen MR) is 97.2 cm³/mol. The number of ketones is 1. The molecule has 6 nitrogen and oxygen atoms in total. The van der Waals surface area contributed by atoms with Crippen LogP contribution in [0.2, 0.25) is 0 Å². The van der Waals surface area contributed by atoms with Gasteiger partial charge in [-0.05, 0) is 43.7 Å². The molecule has 1 fully saturated rings. The van der Waals surface area contributed by atoms with E-state index < -0.39 is 12.0 Å². The van der Waals surface area contributed by atoms with E-state index in [0.29, 0.717) is 29.8 Å². The standard InChI is InChI=1S/C20H20N2O4/c23-18(13-22-12-4-7-17(22)20(25)26)21-16-10-8-15(9-11-16)19(24)14-5-2-1-3-6-14/h1-3,5-6,8-11,17H,4,7,12-13H2,(H,21,23)(H,25,26). The van der Waals surface area contributed by atoms with Crippen LogP contribution in [0.4, 0.5) is 5.69 Å². The number of hydrogen-bond acceptors (Lipinski definition) is 4. The summed E-state index contributed by atoms with van der Waals surface area (Å²) >= 11 is 0. The Morgan fingerprint density at radius 3 is 2.31 bits per heavy atom. The molecule has 0 aromatic heterocycles. The Balaban J connectivity index is 1.60. The zero-order chi connectivity index (χ0) is 18.5. The molecule has 1 heterocycles. The van der Waals surface area contributed by atoms with E-state index in [1.165, 1.54) is 0 Å². The van der Waals surface area contributed by atoms with Gasteiger partial charge in [0.15, 0.2) is 5.78 Å². The Labute approximate surface area is 151 Å². The van der Waals surface area contributed by atoms with Gasteiger partial charge in [0.1, 0.15) is 6.04 Å². The quantitative estimate of drug-likeness (QED) is 0.780. The number of aliphatic carboxylic acids is 1. The summed E-state index contributed by atoms with van der Waals surface area (Å²) in [7, 11) is 0. The molecule has 1 amide bonds. The lowest BCUT2D eigenvalue weighted by atomic mass is 10.0. The molecule has 1 aliphatic rings. The Morgan fingerprint density at radius 1 is 1.00 bits per heavy atom. The van der Waals surface area contributed by atoms with Gasteiger partial charge >= 0.3 is 5.97 Å². The Hall–Kier alpha value is -2.99. The summed E-state index contributed by atoms with van der Waals surface area (Å²) in [6, 6.07) is 15.1. The minimum atomic E-state index is -0.890. The van der Waals surface area contributed by atoms with Crippen LogP contribution in [-0.4, -0.2) is 46.8 Å². The normalized spacial score (nSPS) is 17.0. The maximum atomic E-state index is 12.4. The summed E-state index contributed by atoms with van der Waals surface area (Å²) in [6.45, 7) is 0.649. The summed E-state index contributed by atoms with van der Waals surface area (Å²) in [5, 5.41) is 11.9. The highest BCUT2D eigenvalue weighted by Crippen LogP contribution is 2.18. The predicted octanol–water partition coefficient (Wildman–Crippen LogP) is 2.41. The zero-order valence-electron chi connectivity index (χ0n) is 14.2. The molecule has 1 unspecified atom stereocenters. The summed E-state index contributed by atoms with van der Waals surface area (Å²) in [5.74, 6) is -1.23. The first-order valence-electron chi connectivity index (χ1n) is 8.51. The van der Waals surface area contributed by atoms with E-state index >= 15 is 0 Å². The lowest BCUT2D eigenvalue weighted by molar-refractivity contribution is -0.142. The molecule has 1 atom stereocenters. The summed E-state index contributed by atoms with van der Waals surface area (Å²) in [6.07, 6.45) is 1.35. The second kappa shape index (κ2) is 7.93. The lowest BCUT2D eigenvalue weighted by Crippen LogP contribution is -2.40. The van der Waals surface area contributed by atoms with Crippen LogP contribution >= 0.6 is 0 Å². The van der Waals surface area contributed by atoms with Gasteiger partial charge in [-0.1, -0.05) is 30.3 Å². The van der Waals surface area contributed by atoms with Crippen molar-refractivity contribution in [1.29, 1.82) is 0 Å². The topological polar surface area (TPSA) is 86.7 Å². The second-order valence-corrected chi connectivity index (χ2v) is 6.29. The number of anilines is 1. The van der Waals surface area contributed by atoms with Crippen LogP contribution in [0.5, 0.6) is 0 Å². The average molecular weight is 352 g/mol.